The fourth-order valence-electron chi connectivity index (χ4n) is 1.44. The third-order valence-electron chi connectivity index (χ3n) is 3.12. The van der Waals surface area contributed by atoms with Crippen LogP contribution in [0.25, 0.3) is 0 Å². The third-order valence-corrected chi connectivity index (χ3v) is 3.12. The van der Waals surface area contributed by atoms with E-state index >= 15 is 0 Å². The smallest absolute Gasteiger partial charge is 0.0173 e. The molecule has 1 aliphatic rings. The molecule has 79 valence electrons. The summed E-state index contributed by atoms with van der Waals surface area (Å²) in [6.45, 7) is 12.7. The van der Waals surface area contributed by atoms with Crippen molar-refractivity contribution in [1.29, 1.82) is 0 Å². The summed E-state index contributed by atoms with van der Waals surface area (Å²) in [5, 5.41) is 0. The molecular weight excluding hydrogens is 379 g/mol. The normalized spacial score (nSPS) is 24.1. The Morgan fingerprint density at radius 2 is 1.57 bits per heavy atom. The molecule has 0 aromatic carbocycles. The van der Waals surface area contributed by atoms with E-state index in [0.717, 1.165) is 0 Å². The molecule has 0 spiro atoms. The van der Waals surface area contributed by atoms with Gasteiger partial charge in [-0.1, -0.05) is 38.8 Å². The Morgan fingerprint density at radius 1 is 1.14 bits per heavy atom. The van der Waals surface area contributed by atoms with E-state index in [4.69, 9.17) is 1.37 Å². The molecule has 0 saturated carbocycles. The maximum Gasteiger partial charge on any atom is 0.0173 e. The molecule has 2 heteroatoms. The van der Waals surface area contributed by atoms with Gasteiger partial charge in [0.05, 0.1) is 0 Å². The maximum absolute atomic E-state index is 7.92. The van der Waals surface area contributed by atoms with Crippen LogP contribution in [-0.4, -0.2) is 0 Å². The van der Waals surface area contributed by atoms with E-state index in [-0.39, 0.29) is 50.5 Å². The Kier molecular flexibility index (Phi) is 5.47. The van der Waals surface area contributed by atoms with Gasteiger partial charge < -0.3 is 6.08 Å². The molecule has 0 aliphatic heterocycles. The van der Waals surface area contributed by atoms with Crippen LogP contribution < -0.4 is 0 Å². The van der Waals surface area contributed by atoms with Crippen molar-refractivity contribution >= 4 is 0 Å². The van der Waals surface area contributed by atoms with Gasteiger partial charge in [0.2, 0.25) is 0 Å². The second-order valence-corrected chi connectivity index (χ2v) is 4.75. The van der Waals surface area contributed by atoms with Crippen molar-refractivity contribution in [3.63, 3.8) is 0 Å². The molecule has 0 fully saturated rings. The molecule has 1 rings (SSSR count). The summed E-state index contributed by atoms with van der Waals surface area (Å²) < 4.78 is 7.92. The summed E-state index contributed by atoms with van der Waals surface area (Å²) >= 11 is 0. The first-order valence-electron chi connectivity index (χ1n) is 5.00. The second kappa shape index (κ2) is 5.19. The van der Waals surface area contributed by atoms with Gasteiger partial charge in [-0.25, -0.2) is 0 Å². The second-order valence-electron chi connectivity index (χ2n) is 4.75. The molecule has 0 unspecified atom stereocenters. The van der Waals surface area contributed by atoms with Crippen LogP contribution in [-0.2, 0) is 39.6 Å². The van der Waals surface area contributed by atoms with Gasteiger partial charge in [-0.2, -0.15) is 0 Å². The number of hydrogen-bond donors (Lipinski definition) is 0. The van der Waals surface area contributed by atoms with Crippen molar-refractivity contribution in [1.82, 2.24) is 0 Å². The first-order chi connectivity index (χ1) is 5.69. The molecular formula is C12H19VW-. The van der Waals surface area contributed by atoms with Gasteiger partial charge in [0.25, 0.3) is 0 Å². The summed E-state index contributed by atoms with van der Waals surface area (Å²) in [6, 6.07) is 0.626. The average Bonchev–Trinajstić information content (AvgIpc) is 1.98. The first kappa shape index (κ1) is 14.8. The van der Waals surface area contributed by atoms with Crippen molar-refractivity contribution in [2.24, 2.45) is 10.8 Å². The molecule has 0 N–H and O–H groups in total. The van der Waals surface area contributed by atoms with Gasteiger partial charge >= 0.3 is 0 Å². The van der Waals surface area contributed by atoms with E-state index in [0.29, 0.717) is 6.05 Å². The van der Waals surface area contributed by atoms with Crippen LogP contribution in [0, 0.1) is 16.9 Å². The third kappa shape index (κ3) is 3.12. The molecule has 0 atom stereocenters. The van der Waals surface area contributed by atoms with Crippen molar-refractivity contribution in [2.45, 2.75) is 41.5 Å². The quantitative estimate of drug-likeness (QED) is 0.430. The van der Waals surface area contributed by atoms with Gasteiger partial charge in [0, 0.05) is 41.0 Å². The van der Waals surface area contributed by atoms with Gasteiger partial charge in [-0.15, -0.1) is 5.41 Å². The number of rotatable bonds is 0. The van der Waals surface area contributed by atoms with Gasteiger partial charge in [0.15, 0.2) is 0 Å². The minimum Gasteiger partial charge on any atom is -0.490 e. The zero-order chi connectivity index (χ0) is 10.4. The van der Waals surface area contributed by atoms with E-state index in [9.17, 15) is 0 Å². The number of hydrogen-bond acceptors (Lipinski definition) is 0. The zero-order valence-electron chi connectivity index (χ0n) is 10.9. The molecule has 0 aromatic heterocycles. The first-order valence-corrected chi connectivity index (χ1v) is 4.50. The minimum absolute atomic E-state index is 0. The standard InChI is InChI=1S/C12H19.V.W/c1-9-10(2)12(5,6)8-7-11(9,3)4;;/h7H,1-6H3;;/q-1;;/i7T;;. The van der Waals surface area contributed by atoms with Crippen LogP contribution in [0.5, 0.6) is 0 Å². The Bertz CT molecular complexity index is 301. The van der Waals surface area contributed by atoms with E-state index in [1.54, 1.807) is 0 Å². The van der Waals surface area contributed by atoms with Crippen LogP contribution in [0.15, 0.2) is 17.2 Å². The zero-order valence-corrected chi connectivity index (χ0v) is 14.2. The molecule has 1 aliphatic carbocycles. The monoisotopic (exact) mass is 400 g/mol. The molecule has 14 heavy (non-hydrogen) atoms. The summed E-state index contributed by atoms with van der Waals surface area (Å²) in [4.78, 5) is 0. The maximum atomic E-state index is 7.92. The molecule has 0 nitrogen and oxygen atoms in total. The van der Waals surface area contributed by atoms with Crippen LogP contribution in [0.3, 0.4) is 0 Å². The molecule has 0 amide bonds. The van der Waals surface area contributed by atoms with Crippen molar-refractivity contribution in [3.05, 3.63) is 23.3 Å². The summed E-state index contributed by atoms with van der Waals surface area (Å²) in [5.74, 6) is 0. The fraction of sp³-hybridized carbons (Fsp3) is 0.667. The van der Waals surface area contributed by atoms with E-state index in [1.807, 2.05) is 0 Å². The molecule has 0 aromatic rings. The van der Waals surface area contributed by atoms with Crippen LogP contribution in [0.2, 0.25) is 0 Å². The Labute approximate surface area is 116 Å². The van der Waals surface area contributed by atoms with E-state index in [2.05, 4.69) is 47.6 Å². The van der Waals surface area contributed by atoms with Crippen molar-refractivity contribution < 1.29 is 41.0 Å². The minimum atomic E-state index is -0.125. The predicted molar refractivity (Wildman–Crippen MR) is 53.7 cm³/mol. The van der Waals surface area contributed by atoms with Crippen LogP contribution in [0.4, 0.5) is 0 Å². The predicted octanol–water partition coefficient (Wildman–Crippen LogP) is 3.74. The van der Waals surface area contributed by atoms with Crippen molar-refractivity contribution in [3.8, 4) is 0 Å². The summed E-state index contributed by atoms with van der Waals surface area (Å²) in [6.07, 6.45) is 3.25. The Hall–Kier alpha value is 0.753. The van der Waals surface area contributed by atoms with Gasteiger partial charge in [0.1, 0.15) is 0 Å². The number of allylic oxidation sites excluding steroid dienone is 4. The fourth-order valence-corrected chi connectivity index (χ4v) is 1.44. The molecule has 1 radical (unpaired) electrons. The average molecular weight is 400 g/mol. The van der Waals surface area contributed by atoms with Crippen LogP contribution >= 0.6 is 0 Å². The van der Waals surface area contributed by atoms with Gasteiger partial charge in [-0.05, 0) is 19.3 Å². The van der Waals surface area contributed by atoms with E-state index < -0.39 is 0 Å². The topological polar surface area (TPSA) is 0 Å². The Balaban J connectivity index is 0. The summed E-state index contributed by atoms with van der Waals surface area (Å²) in [5.41, 5.74) is 2.49. The van der Waals surface area contributed by atoms with Crippen LogP contribution in [0.1, 0.15) is 42.9 Å². The van der Waals surface area contributed by atoms with Gasteiger partial charge in [-0.3, -0.25) is 6.05 Å². The molecule has 0 bridgehead atoms. The largest absolute Gasteiger partial charge is 0.490 e. The SMILES string of the molecule is [3H]C1=[C-]C(C)(C)C(C)=C(C)C1(C)C.[V].[W]. The Morgan fingerprint density at radius 3 is 2.00 bits per heavy atom. The summed E-state index contributed by atoms with van der Waals surface area (Å²) in [7, 11) is 0. The van der Waals surface area contributed by atoms with E-state index in [1.165, 1.54) is 11.1 Å². The van der Waals surface area contributed by atoms with Crippen molar-refractivity contribution in [2.75, 3.05) is 0 Å². The molecule has 0 saturated heterocycles. The molecule has 0 heterocycles.